The summed E-state index contributed by atoms with van der Waals surface area (Å²) in [5.41, 5.74) is 2.30. The van der Waals surface area contributed by atoms with E-state index in [2.05, 4.69) is 10.3 Å². The highest BCUT2D eigenvalue weighted by Gasteiger charge is 2.17. The summed E-state index contributed by atoms with van der Waals surface area (Å²) in [5.74, 6) is -0.127. The number of nitrogens with zero attached hydrogens (tertiary/aromatic N) is 2. The van der Waals surface area contributed by atoms with Gasteiger partial charge in [0.15, 0.2) is 4.96 Å². The van der Waals surface area contributed by atoms with Crippen molar-refractivity contribution in [3.63, 3.8) is 0 Å². The number of hydrogen-bond donors (Lipinski definition) is 1. The summed E-state index contributed by atoms with van der Waals surface area (Å²) >= 11 is 7.52. The second kappa shape index (κ2) is 5.50. The predicted molar refractivity (Wildman–Crippen MR) is 85.2 cm³/mol. The molecule has 21 heavy (non-hydrogen) atoms. The van der Waals surface area contributed by atoms with Crippen LogP contribution in [0.2, 0.25) is 5.02 Å². The first-order valence-corrected chi connectivity index (χ1v) is 7.72. The lowest BCUT2D eigenvalue weighted by atomic mass is 10.2. The van der Waals surface area contributed by atoms with E-state index in [-0.39, 0.29) is 5.91 Å². The smallest absolute Gasteiger partial charge is 0.270 e. The largest absolute Gasteiger partial charge is 0.347 e. The van der Waals surface area contributed by atoms with E-state index in [1.165, 1.54) is 0 Å². The summed E-state index contributed by atoms with van der Waals surface area (Å²) in [4.78, 5) is 18.8. The monoisotopic (exact) mass is 319 g/mol. The maximum absolute atomic E-state index is 12.4. The summed E-state index contributed by atoms with van der Waals surface area (Å²) < 4.78 is 1.85. The summed E-state index contributed by atoms with van der Waals surface area (Å²) in [6.07, 6.45) is 1.94. The molecule has 0 fully saturated rings. The molecule has 108 valence electrons. The van der Waals surface area contributed by atoms with Gasteiger partial charge >= 0.3 is 0 Å². The summed E-state index contributed by atoms with van der Waals surface area (Å²) in [7, 11) is 0. The molecule has 3 aromatic rings. The van der Waals surface area contributed by atoms with Crippen LogP contribution in [-0.2, 0) is 6.54 Å². The lowest BCUT2D eigenvalue weighted by molar-refractivity contribution is 0.0944. The number of carbonyl (C=O) groups excluding carboxylic acids is 1. The van der Waals surface area contributed by atoms with Crippen molar-refractivity contribution in [1.82, 2.24) is 14.7 Å². The number of imidazole rings is 1. The minimum absolute atomic E-state index is 0.127. The first-order chi connectivity index (χ1) is 10.0. The van der Waals surface area contributed by atoms with Gasteiger partial charge in [-0.1, -0.05) is 23.7 Å². The molecule has 1 aromatic carbocycles. The van der Waals surface area contributed by atoms with Gasteiger partial charge in [0.2, 0.25) is 0 Å². The van der Waals surface area contributed by atoms with E-state index in [9.17, 15) is 4.79 Å². The van der Waals surface area contributed by atoms with E-state index in [1.54, 1.807) is 11.3 Å². The van der Waals surface area contributed by atoms with Gasteiger partial charge in [-0.15, -0.1) is 11.3 Å². The molecule has 0 aliphatic heterocycles. The molecule has 6 heteroatoms. The van der Waals surface area contributed by atoms with Crippen molar-refractivity contribution in [1.29, 1.82) is 0 Å². The van der Waals surface area contributed by atoms with E-state index in [4.69, 9.17) is 11.6 Å². The number of benzene rings is 1. The molecule has 0 unspecified atom stereocenters. The number of aromatic nitrogens is 2. The van der Waals surface area contributed by atoms with Crippen LogP contribution in [0.15, 0.2) is 30.5 Å². The molecule has 3 rings (SSSR count). The van der Waals surface area contributed by atoms with Crippen LogP contribution in [0.3, 0.4) is 0 Å². The molecule has 0 atom stereocenters. The van der Waals surface area contributed by atoms with Gasteiger partial charge in [-0.3, -0.25) is 9.20 Å². The molecule has 0 saturated heterocycles. The van der Waals surface area contributed by atoms with Crippen LogP contribution in [0.25, 0.3) is 4.96 Å². The Morgan fingerprint density at radius 3 is 3.00 bits per heavy atom. The molecular weight excluding hydrogens is 306 g/mol. The molecule has 0 spiro atoms. The maximum atomic E-state index is 12.4. The number of fused-ring (bicyclic) bond motifs is 1. The number of amides is 1. The molecule has 0 aliphatic rings. The van der Waals surface area contributed by atoms with E-state index < -0.39 is 0 Å². The Morgan fingerprint density at radius 1 is 1.43 bits per heavy atom. The molecule has 2 aromatic heterocycles. The minimum atomic E-state index is -0.127. The normalized spacial score (nSPS) is 11.0. The van der Waals surface area contributed by atoms with Gasteiger partial charge in [0, 0.05) is 22.6 Å². The standard InChI is InChI=1S/C15H14ClN3OS/c1-9-8-19-13(10(2)18-15(19)21-9)14(20)17-7-11-4-3-5-12(16)6-11/h3-6,8H,7H2,1-2H3,(H,17,20). The molecule has 0 saturated carbocycles. The SMILES string of the molecule is Cc1cn2c(C(=O)NCc3cccc(Cl)c3)c(C)nc2s1. The van der Waals surface area contributed by atoms with Crippen LogP contribution in [0, 0.1) is 13.8 Å². The third-order valence-electron chi connectivity index (χ3n) is 3.17. The number of halogens is 1. The molecule has 2 heterocycles. The number of carbonyl (C=O) groups is 1. The lowest BCUT2D eigenvalue weighted by Crippen LogP contribution is -2.24. The van der Waals surface area contributed by atoms with Crippen LogP contribution in [0.5, 0.6) is 0 Å². The fraction of sp³-hybridized carbons (Fsp3) is 0.200. The number of hydrogen-bond acceptors (Lipinski definition) is 3. The van der Waals surface area contributed by atoms with E-state index in [0.717, 1.165) is 21.1 Å². The Balaban J connectivity index is 1.82. The number of aryl methyl sites for hydroxylation is 2. The quantitative estimate of drug-likeness (QED) is 0.802. The zero-order valence-electron chi connectivity index (χ0n) is 11.7. The first-order valence-electron chi connectivity index (χ1n) is 6.52. The Bertz CT molecular complexity index is 822. The zero-order chi connectivity index (χ0) is 15.0. The lowest BCUT2D eigenvalue weighted by Gasteiger charge is -2.06. The second-order valence-corrected chi connectivity index (χ2v) is 6.50. The van der Waals surface area contributed by atoms with Crippen LogP contribution in [0.1, 0.15) is 26.6 Å². The van der Waals surface area contributed by atoms with Gasteiger partial charge in [0.25, 0.3) is 5.91 Å². The van der Waals surface area contributed by atoms with Crippen molar-refractivity contribution < 1.29 is 4.79 Å². The predicted octanol–water partition coefficient (Wildman–Crippen LogP) is 3.60. The Kier molecular flexibility index (Phi) is 3.69. The fourth-order valence-corrected chi connectivity index (χ4v) is 3.33. The van der Waals surface area contributed by atoms with Crippen LogP contribution >= 0.6 is 22.9 Å². The van der Waals surface area contributed by atoms with Crippen molar-refractivity contribution in [2.24, 2.45) is 0 Å². The summed E-state index contributed by atoms with van der Waals surface area (Å²) in [5, 5.41) is 3.58. The maximum Gasteiger partial charge on any atom is 0.270 e. The van der Waals surface area contributed by atoms with Gasteiger partial charge in [-0.05, 0) is 31.5 Å². The third kappa shape index (κ3) is 2.80. The molecule has 1 N–H and O–H groups in total. The third-order valence-corrected chi connectivity index (χ3v) is 4.31. The highest BCUT2D eigenvalue weighted by molar-refractivity contribution is 7.17. The highest BCUT2D eigenvalue weighted by atomic mass is 35.5. The van der Waals surface area contributed by atoms with Crippen molar-refractivity contribution in [3.05, 3.63) is 57.3 Å². The molecule has 0 radical (unpaired) electrons. The van der Waals surface area contributed by atoms with Gasteiger partial charge in [0.1, 0.15) is 5.69 Å². The van der Waals surface area contributed by atoms with Crippen LogP contribution in [0.4, 0.5) is 0 Å². The molecule has 1 amide bonds. The molecular formula is C15H14ClN3OS. The first kappa shape index (κ1) is 14.1. The van der Waals surface area contributed by atoms with E-state index in [0.29, 0.717) is 17.3 Å². The van der Waals surface area contributed by atoms with Gasteiger partial charge in [-0.25, -0.2) is 4.98 Å². The van der Waals surface area contributed by atoms with Gasteiger partial charge in [0.05, 0.1) is 5.69 Å². The second-order valence-electron chi connectivity index (χ2n) is 4.85. The van der Waals surface area contributed by atoms with Crippen molar-refractivity contribution >= 4 is 33.8 Å². The molecule has 0 bridgehead atoms. The number of nitrogens with one attached hydrogen (secondary N) is 1. The van der Waals surface area contributed by atoms with Gasteiger partial charge < -0.3 is 5.32 Å². The van der Waals surface area contributed by atoms with E-state index in [1.807, 2.05) is 48.7 Å². The molecule has 4 nitrogen and oxygen atoms in total. The average molecular weight is 320 g/mol. The molecule has 0 aliphatic carbocycles. The topological polar surface area (TPSA) is 46.4 Å². The van der Waals surface area contributed by atoms with E-state index >= 15 is 0 Å². The van der Waals surface area contributed by atoms with Crippen molar-refractivity contribution in [2.75, 3.05) is 0 Å². The number of thiazole rings is 1. The Labute approximate surface area is 131 Å². The minimum Gasteiger partial charge on any atom is -0.347 e. The zero-order valence-corrected chi connectivity index (χ0v) is 13.3. The van der Waals surface area contributed by atoms with Crippen LogP contribution < -0.4 is 5.32 Å². The van der Waals surface area contributed by atoms with Gasteiger partial charge in [-0.2, -0.15) is 0 Å². The van der Waals surface area contributed by atoms with Crippen LogP contribution in [-0.4, -0.2) is 15.3 Å². The highest BCUT2D eigenvalue weighted by Crippen LogP contribution is 2.20. The average Bonchev–Trinajstić information content (AvgIpc) is 2.90. The Hall–Kier alpha value is -1.85. The fourth-order valence-electron chi connectivity index (χ4n) is 2.25. The summed E-state index contributed by atoms with van der Waals surface area (Å²) in [6.45, 7) is 4.29. The van der Waals surface area contributed by atoms with Crippen molar-refractivity contribution in [2.45, 2.75) is 20.4 Å². The Morgan fingerprint density at radius 2 is 2.24 bits per heavy atom. The van der Waals surface area contributed by atoms with Crippen molar-refractivity contribution in [3.8, 4) is 0 Å². The number of rotatable bonds is 3. The summed E-state index contributed by atoms with van der Waals surface area (Å²) in [6, 6.07) is 7.45.